The minimum absolute atomic E-state index is 0.141. The molecule has 0 bridgehead atoms. The average Bonchev–Trinajstić information content (AvgIpc) is 3.20. The van der Waals surface area contributed by atoms with Crippen LogP contribution in [-0.4, -0.2) is 77.9 Å². The maximum Gasteiger partial charge on any atom is 0.348 e. The fourth-order valence-corrected chi connectivity index (χ4v) is 5.67. The summed E-state index contributed by atoms with van der Waals surface area (Å²) in [7, 11) is -0.517. The Hall–Kier alpha value is -2.24. The molecular weight excluding hydrogens is 521 g/mol. The van der Waals surface area contributed by atoms with Gasteiger partial charge >= 0.3 is 5.97 Å². The Morgan fingerprint density at radius 2 is 1.86 bits per heavy atom. The molecule has 1 aliphatic heterocycles. The van der Waals surface area contributed by atoms with Crippen molar-refractivity contribution >= 4 is 48.5 Å². The van der Waals surface area contributed by atoms with Gasteiger partial charge in [-0.15, -0.1) is 0 Å². The number of carbonyl (C=O) groups is 1. The Morgan fingerprint density at radius 1 is 1.19 bits per heavy atom. The molecule has 0 saturated carbocycles. The van der Waals surface area contributed by atoms with E-state index in [1.807, 2.05) is 0 Å². The second-order valence-corrected chi connectivity index (χ2v) is 16.0. The largest absolute Gasteiger partial charge is 0.466 e. The lowest BCUT2D eigenvalue weighted by Gasteiger charge is -2.46. The minimum Gasteiger partial charge on any atom is -0.466 e. The number of likely N-dealkylation sites (tertiary alicyclic amines) is 1. The van der Waals surface area contributed by atoms with Crippen molar-refractivity contribution in [2.24, 2.45) is 0 Å². The molecule has 0 unspecified atom stereocenters. The molecule has 3 heterocycles. The van der Waals surface area contributed by atoms with Crippen molar-refractivity contribution in [3.8, 4) is 11.6 Å². The van der Waals surface area contributed by atoms with E-state index in [0.717, 1.165) is 13.1 Å². The summed E-state index contributed by atoms with van der Waals surface area (Å²) in [5.41, 5.74) is 0.948. The van der Waals surface area contributed by atoms with E-state index >= 15 is 0 Å². The van der Waals surface area contributed by atoms with E-state index in [4.69, 9.17) is 37.1 Å². The van der Waals surface area contributed by atoms with Gasteiger partial charge in [-0.1, -0.05) is 50.0 Å². The summed E-state index contributed by atoms with van der Waals surface area (Å²) in [4.78, 5) is 23.3. The molecule has 0 amide bonds. The van der Waals surface area contributed by atoms with Gasteiger partial charge in [0.15, 0.2) is 14.0 Å². The number of carbonyl (C=O) groups excluding carboxylic acids is 1. The number of methoxy groups -OCH3 is 1. The zero-order valence-electron chi connectivity index (χ0n) is 21.3. The van der Waals surface area contributed by atoms with Crippen LogP contribution in [0.5, 0.6) is 5.88 Å². The molecule has 194 valence electrons. The summed E-state index contributed by atoms with van der Waals surface area (Å²) in [6.45, 7) is 13.0. The van der Waals surface area contributed by atoms with Crippen LogP contribution in [0.4, 0.5) is 0 Å². The number of esters is 1. The number of ether oxygens (including phenoxy) is 2. The number of rotatable bonds is 8. The Labute approximate surface area is 221 Å². The van der Waals surface area contributed by atoms with E-state index in [-0.39, 0.29) is 17.0 Å². The second-order valence-electron chi connectivity index (χ2n) is 10.4. The molecule has 1 aliphatic rings. The van der Waals surface area contributed by atoms with Crippen molar-refractivity contribution in [3.05, 3.63) is 40.8 Å². The molecule has 0 aliphatic carbocycles. The van der Waals surface area contributed by atoms with E-state index < -0.39 is 20.4 Å². The Kier molecular flexibility index (Phi) is 7.64. The minimum atomic E-state index is -1.86. The van der Waals surface area contributed by atoms with Crippen LogP contribution in [0.25, 0.3) is 16.7 Å². The van der Waals surface area contributed by atoms with Crippen molar-refractivity contribution in [2.75, 3.05) is 26.7 Å². The van der Waals surface area contributed by atoms with Gasteiger partial charge in [0, 0.05) is 19.6 Å². The van der Waals surface area contributed by atoms with Crippen LogP contribution in [0.1, 0.15) is 20.8 Å². The predicted molar refractivity (Wildman–Crippen MR) is 142 cm³/mol. The van der Waals surface area contributed by atoms with Crippen LogP contribution in [0.15, 0.2) is 30.7 Å². The Bertz CT molecular complexity index is 1240. The molecule has 9 nitrogen and oxygen atoms in total. The number of hydrogen-bond acceptors (Lipinski definition) is 8. The van der Waals surface area contributed by atoms with Crippen LogP contribution in [-0.2, 0) is 14.0 Å². The zero-order valence-corrected chi connectivity index (χ0v) is 23.8. The van der Waals surface area contributed by atoms with Gasteiger partial charge in [-0.05, 0) is 30.3 Å². The number of nitrogens with zero attached hydrogens (tertiary/aromatic N) is 5. The maximum absolute atomic E-state index is 12.6. The molecule has 1 aromatic carbocycles. The third-order valence-electron chi connectivity index (χ3n) is 6.81. The quantitative estimate of drug-likeness (QED) is 0.292. The lowest BCUT2D eigenvalue weighted by molar-refractivity contribution is -0.151. The first-order valence-electron chi connectivity index (χ1n) is 11.7. The van der Waals surface area contributed by atoms with Crippen molar-refractivity contribution < 1.29 is 18.7 Å². The lowest BCUT2D eigenvalue weighted by Crippen LogP contribution is -2.60. The molecule has 3 aromatic rings. The van der Waals surface area contributed by atoms with E-state index in [2.05, 4.69) is 53.8 Å². The highest BCUT2D eigenvalue weighted by molar-refractivity contribution is 6.74. The molecule has 1 atom stereocenters. The van der Waals surface area contributed by atoms with Gasteiger partial charge in [-0.3, -0.25) is 4.90 Å². The van der Waals surface area contributed by atoms with Crippen LogP contribution in [0.3, 0.4) is 0 Å². The van der Waals surface area contributed by atoms with Crippen molar-refractivity contribution in [3.63, 3.8) is 0 Å². The van der Waals surface area contributed by atoms with E-state index in [1.165, 1.54) is 18.1 Å². The first kappa shape index (κ1) is 26.8. The Morgan fingerprint density at radius 3 is 2.47 bits per heavy atom. The van der Waals surface area contributed by atoms with Crippen LogP contribution in [0.2, 0.25) is 28.2 Å². The van der Waals surface area contributed by atoms with Crippen LogP contribution >= 0.6 is 23.2 Å². The first-order valence-corrected chi connectivity index (χ1v) is 15.4. The number of hydrogen-bond donors (Lipinski definition) is 0. The topological polar surface area (TPSA) is 91.6 Å². The maximum atomic E-state index is 12.6. The van der Waals surface area contributed by atoms with E-state index in [9.17, 15) is 4.79 Å². The summed E-state index contributed by atoms with van der Waals surface area (Å²) >= 11 is 12.7. The highest BCUT2D eigenvalue weighted by Crippen LogP contribution is 2.38. The summed E-state index contributed by atoms with van der Waals surface area (Å²) in [6, 6.07) is 5.19. The third-order valence-corrected chi connectivity index (χ3v) is 12.0. The van der Waals surface area contributed by atoms with Crippen molar-refractivity contribution in [2.45, 2.75) is 51.1 Å². The molecule has 0 spiro atoms. The monoisotopic (exact) mass is 551 g/mol. The van der Waals surface area contributed by atoms with E-state index in [1.54, 1.807) is 24.4 Å². The average molecular weight is 553 g/mol. The molecule has 1 saturated heterocycles. The van der Waals surface area contributed by atoms with Crippen LogP contribution in [0, 0.1) is 0 Å². The molecule has 2 aromatic heterocycles. The molecule has 4 rings (SSSR count). The molecule has 0 radical (unpaired) electrons. The van der Waals surface area contributed by atoms with E-state index in [0.29, 0.717) is 33.3 Å². The SMILES string of the molecule is COC(=O)[C@H](CN1CC(O[Si](C)(C)C(C)(C)C)C1)Oc1ncnc2c1cnn2-c1c(Cl)cccc1Cl. The normalized spacial score (nSPS) is 16.1. The summed E-state index contributed by atoms with van der Waals surface area (Å²) in [6.07, 6.45) is 2.18. The number of para-hydroxylation sites is 1. The molecule has 36 heavy (non-hydrogen) atoms. The lowest BCUT2D eigenvalue weighted by atomic mass is 10.1. The Balaban J connectivity index is 1.50. The highest BCUT2D eigenvalue weighted by atomic mass is 35.5. The third kappa shape index (κ3) is 5.38. The van der Waals surface area contributed by atoms with Gasteiger partial charge in [-0.2, -0.15) is 5.10 Å². The highest BCUT2D eigenvalue weighted by Gasteiger charge is 2.42. The summed E-state index contributed by atoms with van der Waals surface area (Å²) in [5, 5.41) is 5.91. The zero-order chi connectivity index (χ0) is 26.3. The van der Waals surface area contributed by atoms with Gasteiger partial charge in [0.05, 0.1) is 29.5 Å². The number of halogens is 2. The first-order chi connectivity index (χ1) is 16.9. The van der Waals surface area contributed by atoms with Gasteiger partial charge in [0.1, 0.15) is 17.4 Å². The van der Waals surface area contributed by atoms with Gasteiger partial charge < -0.3 is 13.9 Å². The smallest absolute Gasteiger partial charge is 0.348 e. The van der Waals surface area contributed by atoms with Crippen molar-refractivity contribution in [1.29, 1.82) is 0 Å². The second kappa shape index (κ2) is 10.3. The van der Waals surface area contributed by atoms with Gasteiger partial charge in [0.25, 0.3) is 0 Å². The molecule has 0 N–H and O–H groups in total. The van der Waals surface area contributed by atoms with Gasteiger partial charge in [0.2, 0.25) is 12.0 Å². The van der Waals surface area contributed by atoms with Crippen LogP contribution < -0.4 is 4.74 Å². The number of aromatic nitrogens is 4. The molecular formula is C24H31Cl2N5O4Si. The number of benzene rings is 1. The molecule has 12 heteroatoms. The predicted octanol–water partition coefficient (Wildman–Crippen LogP) is 4.75. The summed E-state index contributed by atoms with van der Waals surface area (Å²) in [5.74, 6) is -0.267. The standard InChI is InChI=1S/C24H31Cl2N5O4Si/c1-24(2,3)36(5,6)35-15-11-30(12-15)13-19(23(32)33-4)34-22-16-10-29-31(21(16)27-14-28-22)20-17(25)8-7-9-18(20)26/h7-10,14-15,19H,11-13H2,1-6H3/t19-/m0/s1. The van der Waals surface area contributed by atoms with Gasteiger partial charge in [-0.25, -0.2) is 19.4 Å². The summed E-state index contributed by atoms with van der Waals surface area (Å²) < 4.78 is 19.1. The van der Waals surface area contributed by atoms with Crippen molar-refractivity contribution in [1.82, 2.24) is 24.6 Å². The molecule has 1 fully saturated rings. The fraction of sp³-hybridized carbons (Fsp3) is 0.500. The fourth-order valence-electron chi connectivity index (χ4n) is 3.77. The number of fused-ring (bicyclic) bond motifs is 1.